The van der Waals surface area contributed by atoms with Crippen molar-refractivity contribution in [1.29, 1.82) is 0 Å². The van der Waals surface area contributed by atoms with E-state index in [4.69, 9.17) is 21.1 Å². The second-order valence-corrected chi connectivity index (χ2v) is 10.0. The third kappa shape index (κ3) is 4.91. The van der Waals surface area contributed by atoms with E-state index in [9.17, 15) is 33.3 Å². The Morgan fingerprint density at radius 3 is 2.57 bits per heavy atom. The van der Waals surface area contributed by atoms with Crippen LogP contribution in [0.3, 0.4) is 0 Å². The van der Waals surface area contributed by atoms with Crippen LogP contribution in [-0.4, -0.2) is 65.8 Å². The second-order valence-electron chi connectivity index (χ2n) is 8.02. The molecule has 1 unspecified atom stereocenters. The van der Waals surface area contributed by atoms with Gasteiger partial charge in [-0.1, -0.05) is 6.07 Å². The number of benzene rings is 1. The summed E-state index contributed by atoms with van der Waals surface area (Å²) in [5.74, 6) is -3.09. The molecule has 2 aromatic heterocycles. The molecule has 190 valence electrons. The molecule has 1 aliphatic heterocycles. The fourth-order valence-electron chi connectivity index (χ4n) is 4.07. The first-order valence-electron chi connectivity index (χ1n) is 10.3. The van der Waals surface area contributed by atoms with Gasteiger partial charge in [0.1, 0.15) is 41.4 Å². The zero-order valence-electron chi connectivity index (χ0n) is 18.3. The van der Waals surface area contributed by atoms with Crippen molar-refractivity contribution in [2.75, 3.05) is 12.4 Å². The van der Waals surface area contributed by atoms with Crippen molar-refractivity contribution in [1.82, 2.24) is 14.5 Å². The normalized spacial score (nSPS) is 24.6. The zero-order chi connectivity index (χ0) is 25.7. The van der Waals surface area contributed by atoms with Crippen molar-refractivity contribution in [2.24, 2.45) is 0 Å². The van der Waals surface area contributed by atoms with Gasteiger partial charge in [-0.3, -0.25) is 4.57 Å². The molecule has 1 saturated heterocycles. The molecule has 15 heteroatoms. The Bertz CT molecular complexity index is 1290. The van der Waals surface area contributed by atoms with E-state index >= 15 is 0 Å². The van der Waals surface area contributed by atoms with Crippen molar-refractivity contribution >= 4 is 36.0 Å². The Morgan fingerprint density at radius 1 is 1.23 bits per heavy atom. The largest absolute Gasteiger partial charge is 0.387 e. The van der Waals surface area contributed by atoms with E-state index in [-0.39, 0.29) is 22.3 Å². The number of ether oxygens (including phenoxy) is 2. The summed E-state index contributed by atoms with van der Waals surface area (Å²) in [7, 11) is -3.80. The number of nitrogens with zero attached hydrogens (tertiary/aromatic N) is 3. The van der Waals surface area contributed by atoms with Crippen LogP contribution in [0.4, 0.5) is 14.6 Å². The molecule has 1 aliphatic rings. The summed E-state index contributed by atoms with van der Waals surface area (Å²) in [5, 5.41) is 24.2. The molecule has 4 rings (SSSR count). The first-order valence-corrected chi connectivity index (χ1v) is 12.3. The Morgan fingerprint density at radius 2 is 1.94 bits per heavy atom. The number of anilines is 1. The van der Waals surface area contributed by atoms with Gasteiger partial charge in [-0.05, 0) is 30.7 Å². The Kier molecular flexibility index (Phi) is 7.15. The van der Waals surface area contributed by atoms with Crippen LogP contribution in [-0.2, 0) is 14.0 Å². The number of aromatic nitrogens is 3. The van der Waals surface area contributed by atoms with E-state index in [1.54, 1.807) is 13.0 Å². The minimum Gasteiger partial charge on any atom is -0.387 e. The number of hydrogen-bond acceptors (Lipinski definition) is 8. The van der Waals surface area contributed by atoms with Crippen molar-refractivity contribution < 1.29 is 42.8 Å². The Labute approximate surface area is 202 Å². The molecule has 1 aromatic carbocycles. The maximum absolute atomic E-state index is 14.2. The zero-order valence-corrected chi connectivity index (χ0v) is 19.9. The summed E-state index contributed by atoms with van der Waals surface area (Å²) >= 11 is 6.09. The smallest absolute Gasteiger partial charge is 0.356 e. The molecule has 3 aromatic rings. The fraction of sp³-hybridized carbons (Fsp3) is 0.400. The van der Waals surface area contributed by atoms with Gasteiger partial charge in [-0.25, -0.2) is 13.8 Å². The topological polar surface area (TPSA) is 159 Å². The van der Waals surface area contributed by atoms with Crippen molar-refractivity contribution in [3.05, 3.63) is 52.9 Å². The second kappa shape index (κ2) is 9.68. The van der Waals surface area contributed by atoms with Crippen molar-refractivity contribution in [3.8, 4) is 0 Å². The number of aliphatic hydroxyl groups is 2. The summed E-state index contributed by atoms with van der Waals surface area (Å²) < 4.78 is 51.0. The molecule has 6 atom stereocenters. The lowest BCUT2D eigenvalue weighted by Gasteiger charge is -2.24. The number of methoxy groups -OCH3 is 1. The predicted molar refractivity (Wildman–Crippen MR) is 120 cm³/mol. The molecule has 11 nitrogen and oxygen atoms in total. The third-order valence-corrected chi connectivity index (χ3v) is 7.07. The van der Waals surface area contributed by atoms with Gasteiger partial charge in [0.2, 0.25) is 5.28 Å². The van der Waals surface area contributed by atoms with Crippen molar-refractivity contribution in [2.45, 2.75) is 43.4 Å². The van der Waals surface area contributed by atoms with Crippen LogP contribution in [0.25, 0.3) is 11.0 Å². The fourth-order valence-corrected chi connectivity index (χ4v) is 5.14. The molecule has 0 amide bonds. The van der Waals surface area contributed by atoms with Gasteiger partial charge in [0, 0.05) is 24.9 Å². The van der Waals surface area contributed by atoms with Crippen LogP contribution in [0.2, 0.25) is 5.28 Å². The number of aliphatic hydroxyl groups excluding tert-OH is 2. The van der Waals surface area contributed by atoms with Gasteiger partial charge in [-0.2, -0.15) is 4.98 Å². The van der Waals surface area contributed by atoms with Crippen LogP contribution in [0.15, 0.2) is 30.5 Å². The minimum absolute atomic E-state index is 0.154. The molecule has 0 radical (unpaired) electrons. The molecule has 1 fully saturated rings. The van der Waals surface area contributed by atoms with E-state index < -0.39 is 55.7 Å². The standard InChI is InChI=1S/C20H22ClF2N4O7P/c1-8(10-4-3-9(22)7-12(10)23)24-16-11-5-6-27(17(11)26-20(21)25-16)18-14(29)13(28)15(34-18)19(33-2)35(30,31)32/h3-8,13-15,18-19,28-29H,1-2H3,(H,24,25,26)(H2,30,31,32)/t8-,13+,14-,15-,18-,19?/m1/s1. The lowest BCUT2D eigenvalue weighted by molar-refractivity contribution is -0.0759. The molecule has 35 heavy (non-hydrogen) atoms. The highest BCUT2D eigenvalue weighted by atomic mass is 35.5. The van der Waals surface area contributed by atoms with Gasteiger partial charge in [0.05, 0.1) is 11.4 Å². The third-order valence-electron chi connectivity index (χ3n) is 5.73. The van der Waals surface area contributed by atoms with Crippen LogP contribution in [0.1, 0.15) is 24.8 Å². The summed E-state index contributed by atoms with van der Waals surface area (Å²) in [6.45, 7) is 1.63. The van der Waals surface area contributed by atoms with E-state index in [0.29, 0.717) is 5.39 Å². The van der Waals surface area contributed by atoms with Gasteiger partial charge in [0.25, 0.3) is 0 Å². The monoisotopic (exact) mass is 534 g/mol. The molecule has 0 aliphatic carbocycles. The lowest BCUT2D eigenvalue weighted by Crippen LogP contribution is -2.39. The molecular formula is C20H22ClF2N4O7P. The summed E-state index contributed by atoms with van der Waals surface area (Å²) in [6.07, 6.45) is -4.69. The van der Waals surface area contributed by atoms with E-state index in [1.807, 2.05) is 0 Å². The number of hydrogen-bond donors (Lipinski definition) is 5. The number of rotatable bonds is 7. The molecular weight excluding hydrogens is 513 g/mol. The summed E-state index contributed by atoms with van der Waals surface area (Å²) in [6, 6.07) is 4.08. The van der Waals surface area contributed by atoms with Crippen molar-refractivity contribution in [3.63, 3.8) is 0 Å². The number of halogens is 3. The van der Waals surface area contributed by atoms with Gasteiger partial charge >= 0.3 is 7.60 Å². The van der Waals surface area contributed by atoms with E-state index in [0.717, 1.165) is 19.2 Å². The van der Waals surface area contributed by atoms with Gasteiger partial charge in [0.15, 0.2) is 12.1 Å². The highest BCUT2D eigenvalue weighted by Crippen LogP contribution is 2.48. The Hall–Kier alpha value is -2.22. The molecule has 5 N–H and O–H groups in total. The first-order chi connectivity index (χ1) is 16.4. The Balaban J connectivity index is 1.68. The molecule has 0 saturated carbocycles. The molecule has 0 bridgehead atoms. The van der Waals surface area contributed by atoms with Gasteiger partial charge < -0.3 is 39.4 Å². The molecule has 0 spiro atoms. The summed E-state index contributed by atoms with van der Waals surface area (Å²) in [5.41, 5.74) is 0.332. The number of fused-ring (bicyclic) bond motifs is 1. The minimum atomic E-state index is -4.85. The lowest BCUT2D eigenvalue weighted by atomic mass is 10.1. The highest BCUT2D eigenvalue weighted by molar-refractivity contribution is 7.52. The SMILES string of the molecule is COC([C@@H]1O[C@@H](n2ccc3c(N[C@H](C)c4ccc(F)cc4F)nc(Cl)nc32)[C@H](O)[C@@H]1O)P(=O)(O)O. The predicted octanol–water partition coefficient (Wildman–Crippen LogP) is 2.31. The van der Waals surface area contributed by atoms with E-state index in [2.05, 4.69) is 15.3 Å². The maximum Gasteiger partial charge on any atom is 0.356 e. The average molecular weight is 535 g/mol. The highest BCUT2D eigenvalue weighted by Gasteiger charge is 2.52. The van der Waals surface area contributed by atoms with E-state index in [1.165, 1.54) is 16.8 Å². The number of nitrogens with one attached hydrogen (secondary N) is 1. The first kappa shape index (κ1) is 25.9. The van der Waals surface area contributed by atoms with Gasteiger partial charge in [-0.15, -0.1) is 0 Å². The quantitative estimate of drug-likeness (QED) is 0.225. The van der Waals surface area contributed by atoms with Crippen LogP contribution >= 0.6 is 19.2 Å². The van der Waals surface area contributed by atoms with Crippen LogP contribution in [0.5, 0.6) is 0 Å². The average Bonchev–Trinajstić information content (AvgIpc) is 3.29. The maximum atomic E-state index is 14.2. The molecule has 3 heterocycles. The van der Waals surface area contributed by atoms with Crippen LogP contribution in [0, 0.1) is 11.6 Å². The van der Waals surface area contributed by atoms with Crippen LogP contribution < -0.4 is 5.32 Å². The summed E-state index contributed by atoms with van der Waals surface area (Å²) in [4.78, 5) is 27.3.